The van der Waals surface area contributed by atoms with E-state index in [1.165, 1.54) is 6.07 Å². The molecule has 0 bridgehead atoms. The van der Waals surface area contributed by atoms with Crippen LogP contribution in [0.2, 0.25) is 0 Å². The Balaban J connectivity index is 1.29. The molecule has 0 aliphatic carbocycles. The molecule has 1 fully saturated rings. The van der Waals surface area contributed by atoms with Crippen LogP contribution < -0.4 is 15.6 Å². The molecule has 5 heterocycles. The SMILES string of the molecule is CSN1CCN(c2ccc(Nc3ncc(F)c(-c4cc(F)c5c(=O)cc6[nH]ccn6c5c4)n3)nc2)CC1. The van der Waals surface area contributed by atoms with E-state index in [9.17, 15) is 9.18 Å². The van der Waals surface area contributed by atoms with Gasteiger partial charge in [0.25, 0.3) is 0 Å². The predicted octanol–water partition coefficient (Wildman–Crippen LogP) is 4.05. The molecule has 1 aromatic carbocycles. The number of aromatic nitrogens is 5. The first kappa shape index (κ1) is 23.4. The highest BCUT2D eigenvalue weighted by atomic mass is 32.2. The summed E-state index contributed by atoms with van der Waals surface area (Å²) in [5.41, 5.74) is 1.45. The Hall–Kier alpha value is -4.03. The summed E-state index contributed by atoms with van der Waals surface area (Å²) in [4.78, 5) is 30.4. The van der Waals surface area contributed by atoms with Gasteiger partial charge in [0.2, 0.25) is 5.95 Å². The average Bonchev–Trinajstić information content (AvgIpc) is 3.39. The maximum atomic E-state index is 15.0. The Morgan fingerprint density at radius 3 is 2.62 bits per heavy atom. The molecule has 0 saturated carbocycles. The van der Waals surface area contributed by atoms with Crippen molar-refractivity contribution >= 4 is 46.0 Å². The predicted molar refractivity (Wildman–Crippen MR) is 141 cm³/mol. The number of piperazine rings is 1. The van der Waals surface area contributed by atoms with Gasteiger partial charge in [0.05, 0.1) is 29.0 Å². The third-order valence-corrected chi connectivity index (χ3v) is 7.31. The van der Waals surface area contributed by atoms with Crippen LogP contribution in [0.5, 0.6) is 0 Å². The van der Waals surface area contributed by atoms with Crippen molar-refractivity contribution in [2.24, 2.45) is 0 Å². The van der Waals surface area contributed by atoms with Gasteiger partial charge in [-0.15, -0.1) is 0 Å². The van der Waals surface area contributed by atoms with Gasteiger partial charge in [-0.05, 0) is 30.5 Å². The van der Waals surface area contributed by atoms with Gasteiger partial charge in [-0.1, -0.05) is 11.9 Å². The number of pyridine rings is 2. The lowest BCUT2D eigenvalue weighted by Crippen LogP contribution is -2.43. The van der Waals surface area contributed by atoms with Crippen LogP contribution in [-0.4, -0.2) is 61.1 Å². The second kappa shape index (κ2) is 9.45. The van der Waals surface area contributed by atoms with Crippen LogP contribution >= 0.6 is 11.9 Å². The van der Waals surface area contributed by atoms with Gasteiger partial charge in [0.1, 0.15) is 23.0 Å². The maximum Gasteiger partial charge on any atom is 0.229 e. The highest BCUT2D eigenvalue weighted by Gasteiger charge is 2.18. The van der Waals surface area contributed by atoms with Crippen molar-refractivity contribution in [3.8, 4) is 11.3 Å². The van der Waals surface area contributed by atoms with E-state index in [1.54, 1.807) is 41.0 Å². The second-order valence-electron chi connectivity index (χ2n) is 8.59. The zero-order valence-electron chi connectivity index (χ0n) is 19.8. The number of nitrogens with zero attached hydrogens (tertiary/aromatic N) is 6. The molecule has 0 amide bonds. The minimum atomic E-state index is -0.753. The molecule has 5 aromatic rings. The molecular formula is C25H22F2N8OS. The summed E-state index contributed by atoms with van der Waals surface area (Å²) in [7, 11) is 0. The molecule has 0 spiro atoms. The van der Waals surface area contributed by atoms with E-state index in [0.29, 0.717) is 17.0 Å². The molecule has 1 aliphatic heterocycles. The minimum absolute atomic E-state index is 0.0761. The van der Waals surface area contributed by atoms with Crippen molar-refractivity contribution in [1.29, 1.82) is 0 Å². The number of benzene rings is 1. The minimum Gasteiger partial charge on any atom is -0.368 e. The smallest absolute Gasteiger partial charge is 0.229 e. The molecule has 0 unspecified atom stereocenters. The zero-order valence-corrected chi connectivity index (χ0v) is 20.6. The first-order valence-corrected chi connectivity index (χ1v) is 12.8. The number of hydrogen-bond donors (Lipinski definition) is 2. The number of hydrogen-bond acceptors (Lipinski definition) is 8. The molecular weight excluding hydrogens is 498 g/mol. The zero-order chi connectivity index (χ0) is 25.5. The van der Waals surface area contributed by atoms with E-state index in [1.807, 2.05) is 12.1 Å². The normalized spacial score (nSPS) is 14.5. The largest absolute Gasteiger partial charge is 0.368 e. The maximum absolute atomic E-state index is 15.0. The second-order valence-corrected chi connectivity index (χ2v) is 9.47. The van der Waals surface area contributed by atoms with Gasteiger partial charge in [0.15, 0.2) is 11.2 Å². The average molecular weight is 521 g/mol. The Kier molecular flexibility index (Phi) is 5.97. The summed E-state index contributed by atoms with van der Waals surface area (Å²) in [5, 5.41) is 2.91. The number of rotatable bonds is 5. The van der Waals surface area contributed by atoms with E-state index in [4.69, 9.17) is 0 Å². The fourth-order valence-corrected chi connectivity index (χ4v) is 5.08. The number of fused-ring (bicyclic) bond motifs is 3. The van der Waals surface area contributed by atoms with Gasteiger partial charge in [-0.2, -0.15) is 0 Å². The van der Waals surface area contributed by atoms with Crippen molar-refractivity contribution in [3.05, 3.63) is 77.0 Å². The van der Waals surface area contributed by atoms with Crippen molar-refractivity contribution in [3.63, 3.8) is 0 Å². The van der Waals surface area contributed by atoms with Crippen LogP contribution in [-0.2, 0) is 0 Å². The number of anilines is 3. The van der Waals surface area contributed by atoms with Crippen molar-refractivity contribution in [2.75, 3.05) is 42.7 Å². The fourth-order valence-electron chi connectivity index (χ4n) is 4.55. The van der Waals surface area contributed by atoms with Gasteiger partial charge >= 0.3 is 0 Å². The van der Waals surface area contributed by atoms with Crippen LogP contribution in [0.15, 0.2) is 59.9 Å². The monoisotopic (exact) mass is 520 g/mol. The molecule has 12 heteroatoms. The summed E-state index contributed by atoms with van der Waals surface area (Å²) in [5.74, 6) is -0.862. The number of aromatic amines is 1. The summed E-state index contributed by atoms with van der Waals surface area (Å²) >= 11 is 1.75. The van der Waals surface area contributed by atoms with Crippen molar-refractivity contribution < 1.29 is 8.78 Å². The third-order valence-electron chi connectivity index (χ3n) is 6.42. The van der Waals surface area contributed by atoms with Crippen LogP contribution in [0.25, 0.3) is 27.8 Å². The lowest BCUT2D eigenvalue weighted by atomic mass is 10.1. The summed E-state index contributed by atoms with van der Waals surface area (Å²) in [6, 6.07) is 7.75. The van der Waals surface area contributed by atoms with Crippen LogP contribution in [0.1, 0.15) is 0 Å². The molecule has 4 aromatic heterocycles. The van der Waals surface area contributed by atoms with Gasteiger partial charge in [-0.25, -0.2) is 28.0 Å². The molecule has 9 nitrogen and oxygen atoms in total. The molecule has 6 rings (SSSR count). The molecule has 188 valence electrons. The summed E-state index contributed by atoms with van der Waals surface area (Å²) in [6.45, 7) is 3.80. The Bertz CT molecular complexity index is 1660. The van der Waals surface area contributed by atoms with Gasteiger partial charge in [0, 0.05) is 50.2 Å². The molecule has 1 saturated heterocycles. The highest BCUT2D eigenvalue weighted by molar-refractivity contribution is 7.96. The molecule has 0 atom stereocenters. The van der Waals surface area contributed by atoms with Crippen molar-refractivity contribution in [2.45, 2.75) is 0 Å². The summed E-state index contributed by atoms with van der Waals surface area (Å²) < 4.78 is 33.8. The van der Waals surface area contributed by atoms with Crippen LogP contribution in [0, 0.1) is 11.6 Å². The quantitative estimate of drug-likeness (QED) is 0.335. The first-order chi connectivity index (χ1) is 18.0. The standard InChI is InChI=1S/C25H22F2N8OS/c1-37-34-8-6-33(7-9-34)16-2-3-21(29-13-16)31-25-30-14-18(27)24(32-25)15-10-17(26)23-19(11-15)35-5-4-28-22(35)12-20(23)36/h2-5,10-14,28H,6-9H2,1H3,(H,29,30,31,32). The van der Waals surface area contributed by atoms with Crippen molar-refractivity contribution in [1.82, 2.24) is 28.6 Å². The van der Waals surface area contributed by atoms with Crippen LogP contribution in [0.3, 0.4) is 0 Å². The van der Waals surface area contributed by atoms with E-state index in [2.05, 4.69) is 40.7 Å². The number of imidazole rings is 1. The molecule has 0 radical (unpaired) electrons. The van der Waals surface area contributed by atoms with Gasteiger partial charge in [-0.3, -0.25) is 4.79 Å². The van der Waals surface area contributed by atoms with Gasteiger partial charge < -0.3 is 19.6 Å². The van der Waals surface area contributed by atoms with E-state index in [-0.39, 0.29) is 22.6 Å². The Labute approximate surface area is 214 Å². The van der Waals surface area contributed by atoms with E-state index in [0.717, 1.165) is 44.1 Å². The molecule has 1 aliphatic rings. The molecule has 2 N–H and O–H groups in total. The summed E-state index contributed by atoms with van der Waals surface area (Å²) in [6.07, 6.45) is 8.19. The molecule has 37 heavy (non-hydrogen) atoms. The van der Waals surface area contributed by atoms with Crippen LogP contribution in [0.4, 0.5) is 26.2 Å². The Morgan fingerprint density at radius 2 is 1.86 bits per heavy atom. The fraction of sp³-hybridized carbons (Fsp3) is 0.200. The van der Waals surface area contributed by atoms with E-state index < -0.39 is 17.1 Å². The van der Waals surface area contributed by atoms with E-state index >= 15 is 4.39 Å². The first-order valence-electron chi connectivity index (χ1n) is 11.6. The third kappa shape index (κ3) is 4.38. The number of H-pyrrole nitrogens is 1. The Morgan fingerprint density at radius 1 is 1.03 bits per heavy atom. The lowest BCUT2D eigenvalue weighted by molar-refractivity contribution is 0.431. The number of nitrogens with one attached hydrogen (secondary N) is 2. The topological polar surface area (TPSA) is 94.4 Å². The highest BCUT2D eigenvalue weighted by Crippen LogP contribution is 2.28. The number of halogens is 2. The lowest BCUT2D eigenvalue weighted by Gasteiger charge is -2.34.